The van der Waals surface area contributed by atoms with Crippen molar-refractivity contribution in [3.8, 4) is 17.2 Å². The molecular weight excluding hydrogens is 518 g/mol. The minimum absolute atomic E-state index is 0.0773. The average molecular weight is 572 g/mol. The van der Waals surface area contributed by atoms with Crippen LogP contribution in [0.25, 0.3) is 16.5 Å². The van der Waals surface area contributed by atoms with Gasteiger partial charge in [-0.05, 0) is 25.0 Å². The molecule has 5 rings (SSSR count). The summed E-state index contributed by atoms with van der Waals surface area (Å²) in [7, 11) is 3.25. The van der Waals surface area contributed by atoms with Crippen molar-refractivity contribution < 1.29 is 14.2 Å². The maximum Gasteiger partial charge on any atom is 0.160 e. The van der Waals surface area contributed by atoms with Crippen molar-refractivity contribution in [1.82, 2.24) is 19.7 Å². The molecule has 1 saturated carbocycles. The first-order valence-electron chi connectivity index (χ1n) is 15.3. The molecule has 2 fully saturated rings. The smallest absolute Gasteiger partial charge is 0.160 e. The largest absolute Gasteiger partial charge is 0.497 e. The van der Waals surface area contributed by atoms with Gasteiger partial charge in [0.25, 0.3) is 0 Å². The number of fused-ring (bicyclic) bond motifs is 1. The lowest BCUT2D eigenvalue weighted by molar-refractivity contribution is -0.0318. The number of methoxy groups -OCH3 is 2. The molecular formula is C31H53N7O3. The Morgan fingerprint density at radius 1 is 0.927 bits per heavy atom. The molecule has 230 valence electrons. The number of morpholine rings is 1. The lowest BCUT2D eigenvalue weighted by Gasteiger charge is -2.48. The molecule has 0 atom stereocenters. The van der Waals surface area contributed by atoms with Crippen LogP contribution in [-0.2, 0) is 4.74 Å². The van der Waals surface area contributed by atoms with Crippen molar-refractivity contribution >= 4 is 28.2 Å². The monoisotopic (exact) mass is 571 g/mol. The molecule has 10 heteroatoms. The van der Waals surface area contributed by atoms with Gasteiger partial charge in [0.2, 0.25) is 0 Å². The minimum atomic E-state index is 0.0773. The Hall–Kier alpha value is -3.24. The van der Waals surface area contributed by atoms with Crippen molar-refractivity contribution in [2.24, 2.45) is 0 Å². The van der Waals surface area contributed by atoms with Crippen LogP contribution in [0.2, 0.25) is 0 Å². The van der Waals surface area contributed by atoms with E-state index in [9.17, 15) is 0 Å². The second kappa shape index (κ2) is 16.9. The Balaban J connectivity index is 0.000000921. The Labute approximate surface area is 246 Å². The number of hydrogen-bond acceptors (Lipinski definition) is 9. The summed E-state index contributed by atoms with van der Waals surface area (Å²) in [6, 6.07) is 5.61. The minimum Gasteiger partial charge on any atom is -0.497 e. The third-order valence-electron chi connectivity index (χ3n) is 7.51. The first-order valence-corrected chi connectivity index (χ1v) is 15.3. The number of aromatic nitrogens is 3. The van der Waals surface area contributed by atoms with Crippen LogP contribution in [0.4, 0.5) is 17.5 Å². The molecule has 0 radical (unpaired) electrons. The number of nitrogens with zero attached hydrogens (tertiary/aromatic N) is 4. The highest BCUT2D eigenvalue weighted by Crippen LogP contribution is 2.39. The molecule has 10 nitrogen and oxygen atoms in total. The number of nitrogens with two attached hydrogens (primary N) is 2. The fraction of sp³-hybridized carbons (Fsp3) is 0.613. The highest BCUT2D eigenvalue weighted by atomic mass is 16.5. The summed E-state index contributed by atoms with van der Waals surface area (Å²) in [5.74, 6) is 2.85. The summed E-state index contributed by atoms with van der Waals surface area (Å²) in [5, 5.41) is 13.8. The van der Waals surface area contributed by atoms with Gasteiger partial charge in [-0.3, -0.25) is 9.47 Å². The van der Waals surface area contributed by atoms with Crippen molar-refractivity contribution in [3.05, 3.63) is 24.4 Å². The van der Waals surface area contributed by atoms with Crippen molar-refractivity contribution in [2.75, 3.05) is 63.9 Å². The molecule has 0 spiro atoms. The standard InChI is InChI=1S/C25H35N7O3.3C2H6/c1-33-17-6-7-19(20(14-17)34-2)32-15-18-21(23(32)27)24(30-29-22(18)26)28-16-25(8-4-3-5-9-25)31-10-12-35-13-11-31;3*1-2/h6-7,14-15H,3-5,8-13,16,27H2,1-2H3,(H2,26,29)(H,28,30);3*1-2H3. The van der Waals surface area contributed by atoms with E-state index in [0.717, 1.165) is 62.1 Å². The summed E-state index contributed by atoms with van der Waals surface area (Å²) in [6.45, 7) is 16.3. The second-order valence-electron chi connectivity index (χ2n) is 9.38. The number of hydrogen-bond donors (Lipinski definition) is 3. The fourth-order valence-corrected chi connectivity index (χ4v) is 5.58. The van der Waals surface area contributed by atoms with Crippen LogP contribution < -0.4 is 26.3 Å². The van der Waals surface area contributed by atoms with E-state index in [2.05, 4.69) is 20.4 Å². The zero-order chi connectivity index (χ0) is 30.4. The molecule has 1 aromatic carbocycles. The van der Waals surface area contributed by atoms with Crippen LogP contribution in [0.1, 0.15) is 73.6 Å². The predicted molar refractivity (Wildman–Crippen MR) is 172 cm³/mol. The molecule has 3 aromatic rings. The van der Waals surface area contributed by atoms with E-state index in [1.165, 1.54) is 19.3 Å². The van der Waals surface area contributed by atoms with E-state index in [1.54, 1.807) is 14.2 Å². The third-order valence-corrected chi connectivity index (χ3v) is 7.51. The topological polar surface area (TPSA) is 126 Å². The number of rotatable bonds is 7. The summed E-state index contributed by atoms with van der Waals surface area (Å²) in [4.78, 5) is 2.60. The average Bonchev–Trinajstić information content (AvgIpc) is 3.41. The van der Waals surface area contributed by atoms with Crippen molar-refractivity contribution in [1.29, 1.82) is 0 Å². The molecule has 3 heterocycles. The van der Waals surface area contributed by atoms with Crippen molar-refractivity contribution in [3.63, 3.8) is 0 Å². The summed E-state index contributed by atoms with van der Waals surface area (Å²) in [5.41, 5.74) is 13.8. The highest BCUT2D eigenvalue weighted by molar-refractivity contribution is 6.05. The van der Waals surface area contributed by atoms with Gasteiger partial charge in [-0.1, -0.05) is 60.8 Å². The maximum absolute atomic E-state index is 6.71. The van der Waals surface area contributed by atoms with Gasteiger partial charge in [-0.2, -0.15) is 0 Å². The SMILES string of the molecule is CC.CC.CC.COc1ccc(-n2cc3c(N)nnc(NCC4(N5CCOCC5)CCCCC4)c3c2N)c(OC)c1. The van der Waals surface area contributed by atoms with Crippen molar-refractivity contribution in [2.45, 2.75) is 79.2 Å². The van der Waals surface area contributed by atoms with Gasteiger partial charge in [-0.25, -0.2) is 0 Å². The first kappa shape index (κ1) is 34.0. The maximum atomic E-state index is 6.71. The van der Waals surface area contributed by atoms with Crippen LogP contribution in [0.5, 0.6) is 11.5 Å². The van der Waals surface area contributed by atoms with Gasteiger partial charge in [0.05, 0.1) is 38.5 Å². The van der Waals surface area contributed by atoms with Crippen LogP contribution in [0, 0.1) is 0 Å². The van der Waals surface area contributed by atoms with E-state index in [-0.39, 0.29) is 5.54 Å². The first-order chi connectivity index (χ1) is 20.1. The molecule has 1 saturated heterocycles. The number of nitrogens with one attached hydrogen (secondary N) is 1. The molecule has 0 bridgehead atoms. The molecule has 2 aliphatic rings. The van der Waals surface area contributed by atoms with E-state index in [0.29, 0.717) is 29.0 Å². The predicted octanol–water partition coefficient (Wildman–Crippen LogP) is 6.13. The summed E-state index contributed by atoms with van der Waals surface area (Å²) >= 11 is 0. The summed E-state index contributed by atoms with van der Waals surface area (Å²) < 4.78 is 18.4. The Kier molecular flexibility index (Phi) is 14.0. The lowest BCUT2D eigenvalue weighted by atomic mass is 9.79. The van der Waals surface area contributed by atoms with Gasteiger partial charge >= 0.3 is 0 Å². The fourth-order valence-electron chi connectivity index (χ4n) is 5.58. The molecule has 1 aliphatic heterocycles. The molecule has 2 aromatic heterocycles. The normalized spacial score (nSPS) is 16.2. The Morgan fingerprint density at radius 2 is 1.59 bits per heavy atom. The molecule has 1 aliphatic carbocycles. The second-order valence-corrected chi connectivity index (χ2v) is 9.38. The third kappa shape index (κ3) is 7.54. The van der Waals surface area contributed by atoms with Crippen LogP contribution in [0.3, 0.4) is 0 Å². The number of nitrogen functional groups attached to an aromatic ring is 2. The quantitative estimate of drug-likeness (QED) is 0.307. The van der Waals surface area contributed by atoms with Gasteiger partial charge in [0, 0.05) is 42.8 Å². The van der Waals surface area contributed by atoms with Gasteiger partial charge in [0.15, 0.2) is 11.6 Å². The zero-order valence-electron chi connectivity index (χ0n) is 26.5. The van der Waals surface area contributed by atoms with Gasteiger partial charge < -0.3 is 31.0 Å². The van der Waals surface area contributed by atoms with E-state index in [1.807, 2.05) is 70.5 Å². The van der Waals surface area contributed by atoms with E-state index >= 15 is 0 Å². The highest BCUT2D eigenvalue weighted by Gasteiger charge is 2.38. The number of benzene rings is 1. The Bertz CT molecular complexity index is 1190. The molecule has 41 heavy (non-hydrogen) atoms. The van der Waals surface area contributed by atoms with E-state index < -0.39 is 0 Å². The van der Waals surface area contributed by atoms with E-state index in [4.69, 9.17) is 25.7 Å². The molecule has 5 N–H and O–H groups in total. The van der Waals surface area contributed by atoms with Crippen LogP contribution in [-0.4, -0.2) is 72.3 Å². The lowest BCUT2D eigenvalue weighted by Crippen LogP contribution is -2.58. The van der Waals surface area contributed by atoms with Crippen LogP contribution in [0.15, 0.2) is 24.4 Å². The number of ether oxygens (including phenoxy) is 3. The van der Waals surface area contributed by atoms with Gasteiger partial charge in [0.1, 0.15) is 17.3 Å². The zero-order valence-corrected chi connectivity index (χ0v) is 26.5. The number of anilines is 3. The molecule has 0 amide bonds. The summed E-state index contributed by atoms with van der Waals surface area (Å²) in [6.07, 6.45) is 7.96. The molecule has 0 unspecified atom stereocenters. The Morgan fingerprint density at radius 3 is 2.20 bits per heavy atom. The van der Waals surface area contributed by atoms with Crippen LogP contribution >= 0.6 is 0 Å². The van der Waals surface area contributed by atoms with Gasteiger partial charge in [-0.15, -0.1) is 10.2 Å².